The van der Waals surface area contributed by atoms with Crippen molar-refractivity contribution in [2.45, 2.75) is 26.8 Å². The molecule has 1 N–H and O–H groups in total. The zero-order chi connectivity index (χ0) is 15.8. The first-order valence-electron chi connectivity index (χ1n) is 6.78. The number of carbonyl (C=O) groups is 1. The number of hydrogen-bond acceptors (Lipinski definition) is 6. The molecule has 7 nitrogen and oxygen atoms in total. The molecule has 0 aliphatic carbocycles. The summed E-state index contributed by atoms with van der Waals surface area (Å²) in [5, 5.41) is 14.0. The summed E-state index contributed by atoms with van der Waals surface area (Å²) in [5.74, 6) is -0.290. The second-order valence-corrected chi connectivity index (χ2v) is 4.35. The fraction of sp³-hybridized carbons (Fsp3) is 0.500. The van der Waals surface area contributed by atoms with Crippen LogP contribution in [0.25, 0.3) is 0 Å². The first-order chi connectivity index (χ1) is 10.0. The van der Waals surface area contributed by atoms with Crippen molar-refractivity contribution in [1.29, 1.82) is 0 Å². The van der Waals surface area contributed by atoms with Crippen LogP contribution in [0.2, 0.25) is 0 Å². The highest BCUT2D eigenvalue weighted by molar-refractivity contribution is 5.76. The summed E-state index contributed by atoms with van der Waals surface area (Å²) >= 11 is 0. The summed E-state index contributed by atoms with van der Waals surface area (Å²) in [7, 11) is 0. The minimum atomic E-state index is -0.657. The van der Waals surface area contributed by atoms with E-state index in [0.717, 1.165) is 0 Å². The number of nitrogens with one attached hydrogen (secondary N) is 1. The lowest BCUT2D eigenvalue weighted by Crippen LogP contribution is -2.42. The molecule has 21 heavy (non-hydrogen) atoms. The number of carbonyl (C=O) groups excluding carboxylic acids is 1. The quantitative estimate of drug-likeness (QED) is 0.447. The van der Waals surface area contributed by atoms with Crippen molar-refractivity contribution < 1.29 is 19.2 Å². The van der Waals surface area contributed by atoms with E-state index in [-0.39, 0.29) is 24.7 Å². The van der Waals surface area contributed by atoms with Crippen LogP contribution in [0.3, 0.4) is 0 Å². The van der Waals surface area contributed by atoms with E-state index >= 15 is 0 Å². The van der Waals surface area contributed by atoms with E-state index in [0.29, 0.717) is 12.1 Å². The van der Waals surface area contributed by atoms with Gasteiger partial charge in [0, 0.05) is 5.56 Å². The van der Waals surface area contributed by atoms with Crippen LogP contribution < -0.4 is 10.1 Å². The summed E-state index contributed by atoms with van der Waals surface area (Å²) in [4.78, 5) is 22.3. The highest BCUT2D eigenvalue weighted by Crippen LogP contribution is 2.30. The Morgan fingerprint density at radius 2 is 2.14 bits per heavy atom. The second-order valence-electron chi connectivity index (χ2n) is 4.35. The molecule has 116 valence electrons. The van der Waals surface area contributed by atoms with Crippen LogP contribution in [0.15, 0.2) is 18.2 Å². The molecule has 1 unspecified atom stereocenters. The van der Waals surface area contributed by atoms with E-state index in [4.69, 9.17) is 9.47 Å². The van der Waals surface area contributed by atoms with E-state index in [1.807, 2.05) is 6.92 Å². The summed E-state index contributed by atoms with van der Waals surface area (Å²) in [5.41, 5.74) is 0.422. The van der Waals surface area contributed by atoms with Crippen molar-refractivity contribution in [3.8, 4) is 5.75 Å². The largest absolute Gasteiger partial charge is 0.485 e. The molecule has 0 fully saturated rings. The number of nitro groups is 1. The molecule has 1 aromatic rings. The maximum atomic E-state index is 11.7. The Kier molecular flexibility index (Phi) is 6.61. The van der Waals surface area contributed by atoms with Crippen LogP contribution in [-0.2, 0) is 9.53 Å². The number of esters is 1. The normalized spacial score (nSPS) is 11.8. The molecular weight excluding hydrogens is 276 g/mol. The SMILES string of the molecule is CCNC(COc1cccc(C)c1[N+](=O)[O-])C(=O)OCC. The first-order valence-corrected chi connectivity index (χ1v) is 6.78. The average Bonchev–Trinajstić information content (AvgIpc) is 2.43. The monoisotopic (exact) mass is 296 g/mol. The van der Waals surface area contributed by atoms with Crippen molar-refractivity contribution in [2.24, 2.45) is 0 Å². The fourth-order valence-electron chi connectivity index (χ4n) is 1.86. The first kappa shape index (κ1) is 16.9. The van der Waals surface area contributed by atoms with Crippen molar-refractivity contribution in [3.63, 3.8) is 0 Å². The molecule has 1 atom stereocenters. The van der Waals surface area contributed by atoms with Gasteiger partial charge in [0.2, 0.25) is 0 Å². The topological polar surface area (TPSA) is 90.7 Å². The number of likely N-dealkylation sites (N-methyl/N-ethyl adjacent to an activating group) is 1. The molecule has 0 aliphatic heterocycles. The maximum Gasteiger partial charge on any atom is 0.326 e. The van der Waals surface area contributed by atoms with E-state index in [1.165, 1.54) is 6.07 Å². The lowest BCUT2D eigenvalue weighted by molar-refractivity contribution is -0.386. The van der Waals surface area contributed by atoms with Gasteiger partial charge in [-0.15, -0.1) is 0 Å². The number of benzene rings is 1. The highest BCUT2D eigenvalue weighted by Gasteiger charge is 2.23. The summed E-state index contributed by atoms with van der Waals surface area (Å²) in [6.45, 7) is 6.00. The van der Waals surface area contributed by atoms with Crippen LogP contribution in [0.4, 0.5) is 5.69 Å². The summed E-state index contributed by atoms with van der Waals surface area (Å²) in [6, 6.07) is 4.16. The van der Waals surface area contributed by atoms with Crippen molar-refractivity contribution in [2.75, 3.05) is 19.8 Å². The number of nitro benzene ring substituents is 1. The van der Waals surface area contributed by atoms with Gasteiger partial charge in [-0.05, 0) is 26.5 Å². The van der Waals surface area contributed by atoms with Crippen molar-refractivity contribution >= 4 is 11.7 Å². The fourth-order valence-corrected chi connectivity index (χ4v) is 1.86. The number of ether oxygens (including phenoxy) is 2. The minimum absolute atomic E-state index is 0.0308. The van der Waals surface area contributed by atoms with Gasteiger partial charge in [-0.25, -0.2) is 0 Å². The van der Waals surface area contributed by atoms with E-state index in [2.05, 4.69) is 5.32 Å². The molecule has 0 saturated heterocycles. The van der Waals surface area contributed by atoms with Gasteiger partial charge in [0.1, 0.15) is 12.6 Å². The summed E-state index contributed by atoms with van der Waals surface area (Å²) < 4.78 is 10.4. The van der Waals surface area contributed by atoms with Crippen molar-refractivity contribution in [1.82, 2.24) is 5.32 Å². The Bertz CT molecular complexity index is 504. The van der Waals surface area contributed by atoms with Gasteiger partial charge in [0.05, 0.1) is 11.5 Å². The number of rotatable bonds is 8. The van der Waals surface area contributed by atoms with E-state index in [1.54, 1.807) is 26.0 Å². The van der Waals surface area contributed by atoms with Gasteiger partial charge in [-0.2, -0.15) is 0 Å². The molecule has 1 rings (SSSR count). The molecule has 7 heteroatoms. The number of hydrogen-bond donors (Lipinski definition) is 1. The summed E-state index contributed by atoms with van der Waals surface area (Å²) in [6.07, 6.45) is 0. The van der Waals surface area contributed by atoms with E-state index < -0.39 is 16.9 Å². The second kappa shape index (κ2) is 8.21. The third-order valence-corrected chi connectivity index (χ3v) is 2.81. The standard InChI is InChI=1S/C14H20N2O5/c1-4-15-11(14(17)20-5-2)9-21-12-8-6-7-10(3)13(12)16(18)19/h6-8,11,15H,4-5,9H2,1-3H3. The predicted octanol–water partition coefficient (Wildman–Crippen LogP) is 1.82. The van der Waals surface area contributed by atoms with Crippen LogP contribution in [-0.4, -0.2) is 36.7 Å². The smallest absolute Gasteiger partial charge is 0.326 e. The van der Waals surface area contributed by atoms with Crippen LogP contribution in [0.5, 0.6) is 5.75 Å². The van der Waals surface area contributed by atoms with Gasteiger partial charge in [0.15, 0.2) is 5.75 Å². The Labute approximate surface area is 123 Å². The minimum Gasteiger partial charge on any atom is -0.485 e. The van der Waals surface area contributed by atoms with Gasteiger partial charge in [-0.3, -0.25) is 14.9 Å². The highest BCUT2D eigenvalue weighted by atomic mass is 16.6. The van der Waals surface area contributed by atoms with Crippen molar-refractivity contribution in [3.05, 3.63) is 33.9 Å². The van der Waals surface area contributed by atoms with Gasteiger partial charge in [-0.1, -0.05) is 19.1 Å². The molecule has 0 spiro atoms. The molecule has 0 aromatic heterocycles. The molecule has 0 bridgehead atoms. The Hall–Kier alpha value is -2.15. The Morgan fingerprint density at radius 1 is 1.43 bits per heavy atom. The predicted molar refractivity (Wildman–Crippen MR) is 77.4 cm³/mol. The van der Waals surface area contributed by atoms with Crippen LogP contribution in [0.1, 0.15) is 19.4 Å². The average molecular weight is 296 g/mol. The third kappa shape index (κ3) is 4.71. The molecule has 0 radical (unpaired) electrons. The molecule has 0 amide bonds. The van der Waals surface area contributed by atoms with Gasteiger partial charge in [0.25, 0.3) is 0 Å². The molecule has 0 saturated carbocycles. The Balaban J connectivity index is 2.83. The zero-order valence-corrected chi connectivity index (χ0v) is 12.4. The van der Waals surface area contributed by atoms with Gasteiger partial charge >= 0.3 is 11.7 Å². The maximum absolute atomic E-state index is 11.7. The van der Waals surface area contributed by atoms with Crippen LogP contribution in [0, 0.1) is 17.0 Å². The molecule has 0 heterocycles. The van der Waals surface area contributed by atoms with Gasteiger partial charge < -0.3 is 14.8 Å². The molecule has 1 aromatic carbocycles. The number of aryl methyl sites for hydroxylation is 1. The Morgan fingerprint density at radius 3 is 2.71 bits per heavy atom. The number of para-hydroxylation sites is 1. The number of nitrogens with zero attached hydrogens (tertiary/aromatic N) is 1. The van der Waals surface area contributed by atoms with Crippen LogP contribution >= 0.6 is 0 Å². The zero-order valence-electron chi connectivity index (χ0n) is 12.4. The lowest BCUT2D eigenvalue weighted by Gasteiger charge is -2.17. The lowest BCUT2D eigenvalue weighted by atomic mass is 10.2. The molecular formula is C14H20N2O5. The molecule has 0 aliphatic rings. The third-order valence-electron chi connectivity index (χ3n) is 2.81. The van der Waals surface area contributed by atoms with E-state index in [9.17, 15) is 14.9 Å².